The smallest absolute Gasteiger partial charge is 0.267 e. The van der Waals surface area contributed by atoms with Gasteiger partial charge < -0.3 is 14.8 Å². The molecule has 1 aromatic carbocycles. The van der Waals surface area contributed by atoms with Crippen molar-refractivity contribution in [3.63, 3.8) is 0 Å². The molecule has 0 saturated heterocycles. The molecule has 1 amide bonds. The van der Waals surface area contributed by atoms with E-state index in [0.717, 1.165) is 16.5 Å². The third kappa shape index (κ3) is 2.60. The number of hydrogen-bond donors (Lipinski definition) is 2. The van der Waals surface area contributed by atoms with Gasteiger partial charge >= 0.3 is 0 Å². The zero-order valence-corrected chi connectivity index (χ0v) is 11.8. The second-order valence-electron chi connectivity index (χ2n) is 4.74. The van der Waals surface area contributed by atoms with Crippen LogP contribution in [-0.2, 0) is 4.79 Å². The second-order valence-corrected chi connectivity index (χ2v) is 4.74. The average molecular weight is 292 g/mol. The lowest BCUT2D eigenvalue weighted by molar-refractivity contribution is -0.112. The van der Waals surface area contributed by atoms with E-state index in [2.05, 4.69) is 15.5 Å². The molecule has 0 saturated carbocycles. The van der Waals surface area contributed by atoms with Gasteiger partial charge in [0.05, 0.1) is 0 Å². The molecule has 0 unspecified atom stereocenters. The quantitative estimate of drug-likeness (QED) is 0.573. The number of carbonyl (C=O) groups is 1. The summed E-state index contributed by atoms with van der Waals surface area (Å²) in [7, 11) is 0. The van der Waals surface area contributed by atoms with Gasteiger partial charge in [0.2, 0.25) is 0 Å². The number of amides is 1. The van der Waals surface area contributed by atoms with E-state index in [4.69, 9.17) is 4.52 Å². The first-order valence-corrected chi connectivity index (χ1v) is 6.60. The minimum absolute atomic E-state index is 0.00888. The van der Waals surface area contributed by atoms with Gasteiger partial charge in [-0.1, -0.05) is 23.4 Å². The summed E-state index contributed by atoms with van der Waals surface area (Å²) in [5.74, 6) is 0.332. The minimum atomic E-state index is -0.527. The molecular formula is C16H12N4O2. The molecular weight excluding hydrogens is 280 g/mol. The van der Waals surface area contributed by atoms with Gasteiger partial charge in [0.15, 0.2) is 5.82 Å². The first kappa shape index (κ1) is 13.6. The topological polar surface area (TPSA) is 94.7 Å². The van der Waals surface area contributed by atoms with Crippen LogP contribution in [0.4, 0.5) is 5.82 Å². The Morgan fingerprint density at radius 3 is 3.00 bits per heavy atom. The number of nitrogens with one attached hydrogen (secondary N) is 2. The average Bonchev–Trinajstić information content (AvgIpc) is 3.11. The Morgan fingerprint density at radius 1 is 1.45 bits per heavy atom. The van der Waals surface area contributed by atoms with Gasteiger partial charge in [-0.2, -0.15) is 5.26 Å². The first-order chi connectivity index (χ1) is 10.7. The Morgan fingerprint density at radius 2 is 2.27 bits per heavy atom. The number of carbonyl (C=O) groups excluding carboxylic acids is 1. The zero-order valence-electron chi connectivity index (χ0n) is 11.8. The van der Waals surface area contributed by atoms with Gasteiger partial charge in [0.1, 0.15) is 17.4 Å². The van der Waals surface area contributed by atoms with Crippen molar-refractivity contribution in [1.29, 1.82) is 5.26 Å². The van der Waals surface area contributed by atoms with Crippen molar-refractivity contribution >= 4 is 28.7 Å². The molecule has 6 heteroatoms. The number of nitriles is 1. The van der Waals surface area contributed by atoms with Crippen LogP contribution in [0.5, 0.6) is 0 Å². The number of anilines is 1. The Hall–Kier alpha value is -3.33. The molecule has 3 aromatic rings. The molecule has 0 spiro atoms. The third-order valence-corrected chi connectivity index (χ3v) is 3.16. The van der Waals surface area contributed by atoms with Crippen molar-refractivity contribution in [3.8, 4) is 6.07 Å². The van der Waals surface area contributed by atoms with Crippen LogP contribution in [0.15, 0.2) is 46.6 Å². The standard InChI is InChI=1S/C16H12N4O2/c1-10-6-15(20-22-10)19-16(21)11(8-17)7-12-9-18-14-5-3-2-4-13(12)14/h2-7,9,18H,1H3,(H,19,20,21)/b11-7+. The molecule has 22 heavy (non-hydrogen) atoms. The summed E-state index contributed by atoms with van der Waals surface area (Å²) in [6, 6.07) is 11.2. The highest BCUT2D eigenvalue weighted by molar-refractivity contribution is 6.10. The van der Waals surface area contributed by atoms with E-state index in [1.54, 1.807) is 25.3 Å². The number of hydrogen-bond acceptors (Lipinski definition) is 4. The van der Waals surface area contributed by atoms with Crippen molar-refractivity contribution < 1.29 is 9.32 Å². The van der Waals surface area contributed by atoms with Crippen LogP contribution in [0.2, 0.25) is 0 Å². The van der Waals surface area contributed by atoms with E-state index in [9.17, 15) is 10.1 Å². The second kappa shape index (κ2) is 5.58. The van der Waals surface area contributed by atoms with Gasteiger partial charge in [0, 0.05) is 28.7 Å². The lowest BCUT2D eigenvalue weighted by Gasteiger charge is -1.99. The molecule has 2 N–H and O–H groups in total. The van der Waals surface area contributed by atoms with Crippen LogP contribution in [-0.4, -0.2) is 16.0 Å². The fourth-order valence-electron chi connectivity index (χ4n) is 2.13. The summed E-state index contributed by atoms with van der Waals surface area (Å²) in [6.07, 6.45) is 3.30. The Kier molecular flexibility index (Phi) is 3.46. The van der Waals surface area contributed by atoms with Crippen LogP contribution in [0.3, 0.4) is 0 Å². The van der Waals surface area contributed by atoms with Crippen molar-refractivity contribution in [2.24, 2.45) is 0 Å². The summed E-state index contributed by atoms with van der Waals surface area (Å²) in [5.41, 5.74) is 1.71. The Bertz CT molecular complexity index is 912. The van der Waals surface area contributed by atoms with E-state index < -0.39 is 5.91 Å². The maximum absolute atomic E-state index is 12.1. The molecule has 3 rings (SSSR count). The van der Waals surface area contributed by atoms with Crippen LogP contribution < -0.4 is 5.32 Å². The lowest BCUT2D eigenvalue weighted by Crippen LogP contribution is -2.13. The lowest BCUT2D eigenvalue weighted by atomic mass is 10.1. The van der Waals surface area contributed by atoms with E-state index in [1.807, 2.05) is 30.3 Å². The zero-order chi connectivity index (χ0) is 15.5. The molecule has 108 valence electrons. The number of para-hydroxylation sites is 1. The normalized spacial score (nSPS) is 11.4. The molecule has 0 bridgehead atoms. The number of nitrogens with zero attached hydrogens (tertiary/aromatic N) is 2. The number of fused-ring (bicyclic) bond motifs is 1. The fraction of sp³-hybridized carbons (Fsp3) is 0.0625. The van der Waals surface area contributed by atoms with Crippen molar-refractivity contribution in [3.05, 3.63) is 53.4 Å². The highest BCUT2D eigenvalue weighted by atomic mass is 16.5. The third-order valence-electron chi connectivity index (χ3n) is 3.16. The first-order valence-electron chi connectivity index (χ1n) is 6.60. The van der Waals surface area contributed by atoms with Gasteiger partial charge in [-0.05, 0) is 19.1 Å². The maximum atomic E-state index is 12.1. The van der Waals surface area contributed by atoms with Gasteiger partial charge in [-0.3, -0.25) is 4.79 Å². The van der Waals surface area contributed by atoms with Crippen molar-refractivity contribution in [2.75, 3.05) is 5.32 Å². The summed E-state index contributed by atoms with van der Waals surface area (Å²) in [6.45, 7) is 1.72. The van der Waals surface area contributed by atoms with Crippen molar-refractivity contribution in [2.45, 2.75) is 6.92 Å². The molecule has 0 aliphatic heterocycles. The fourth-order valence-corrected chi connectivity index (χ4v) is 2.13. The van der Waals surface area contributed by atoms with E-state index >= 15 is 0 Å². The SMILES string of the molecule is Cc1cc(NC(=O)/C(C#N)=C/c2c[nH]c3ccccc23)no1. The van der Waals surface area contributed by atoms with Crippen molar-refractivity contribution in [1.82, 2.24) is 10.1 Å². The Balaban J connectivity index is 1.90. The number of aromatic nitrogens is 2. The number of aromatic amines is 1. The van der Waals surface area contributed by atoms with Crippen LogP contribution in [0.25, 0.3) is 17.0 Å². The van der Waals surface area contributed by atoms with Crippen LogP contribution in [0, 0.1) is 18.3 Å². The predicted molar refractivity (Wildman–Crippen MR) is 81.8 cm³/mol. The van der Waals surface area contributed by atoms with E-state index in [1.165, 1.54) is 0 Å². The minimum Gasteiger partial charge on any atom is -0.361 e. The van der Waals surface area contributed by atoms with E-state index in [0.29, 0.717) is 5.76 Å². The largest absolute Gasteiger partial charge is 0.361 e. The predicted octanol–water partition coefficient (Wildman–Crippen LogP) is 3.01. The molecule has 2 aromatic heterocycles. The number of aryl methyl sites for hydroxylation is 1. The summed E-state index contributed by atoms with van der Waals surface area (Å²) < 4.78 is 4.87. The molecule has 0 atom stereocenters. The summed E-state index contributed by atoms with van der Waals surface area (Å²) in [5, 5.41) is 16.4. The molecule has 0 aliphatic rings. The molecule has 0 aliphatic carbocycles. The molecule has 0 radical (unpaired) electrons. The number of H-pyrrole nitrogens is 1. The number of rotatable bonds is 3. The summed E-state index contributed by atoms with van der Waals surface area (Å²) in [4.78, 5) is 15.2. The highest BCUT2D eigenvalue weighted by Gasteiger charge is 2.12. The Labute approximate surface area is 126 Å². The van der Waals surface area contributed by atoms with Gasteiger partial charge in [-0.15, -0.1) is 0 Å². The molecule has 6 nitrogen and oxygen atoms in total. The van der Waals surface area contributed by atoms with Gasteiger partial charge in [0.25, 0.3) is 5.91 Å². The van der Waals surface area contributed by atoms with Gasteiger partial charge in [-0.25, -0.2) is 0 Å². The monoisotopic (exact) mass is 292 g/mol. The van der Waals surface area contributed by atoms with Crippen LogP contribution in [0.1, 0.15) is 11.3 Å². The molecule has 2 heterocycles. The van der Waals surface area contributed by atoms with Crippen LogP contribution >= 0.6 is 0 Å². The maximum Gasteiger partial charge on any atom is 0.267 e. The molecule has 0 fully saturated rings. The highest BCUT2D eigenvalue weighted by Crippen LogP contribution is 2.20. The number of benzene rings is 1. The summed E-state index contributed by atoms with van der Waals surface area (Å²) >= 11 is 0. The van der Waals surface area contributed by atoms with E-state index in [-0.39, 0.29) is 11.4 Å².